The van der Waals surface area contributed by atoms with Gasteiger partial charge < -0.3 is 15.5 Å². The average Bonchev–Trinajstić information content (AvgIpc) is 2.67. The minimum absolute atomic E-state index is 0.0884. The molecule has 3 rings (SSSR count). The molecule has 2 atom stereocenters. The molecule has 4 nitrogen and oxygen atoms in total. The topological polar surface area (TPSA) is 44.4 Å². The van der Waals surface area contributed by atoms with Crippen LogP contribution in [0.1, 0.15) is 0 Å². The Morgan fingerprint density at radius 1 is 1.22 bits per heavy atom. The van der Waals surface area contributed by atoms with Crippen LogP contribution in [-0.2, 0) is 4.79 Å². The second-order valence-electron chi connectivity index (χ2n) is 3.92. The van der Waals surface area contributed by atoms with Crippen molar-refractivity contribution in [1.29, 1.82) is 0 Å². The first-order chi connectivity index (χ1) is 8.66. The van der Waals surface area contributed by atoms with E-state index in [-0.39, 0.29) is 17.3 Å². The van der Waals surface area contributed by atoms with Gasteiger partial charge in [0.1, 0.15) is 15.7 Å². The minimum Gasteiger partial charge on any atom is -0.340 e. The van der Waals surface area contributed by atoms with Crippen LogP contribution in [0, 0.1) is 0 Å². The molecule has 1 amide bonds. The van der Waals surface area contributed by atoms with Crippen LogP contribution in [0.2, 0.25) is 0 Å². The van der Waals surface area contributed by atoms with Crippen molar-refractivity contribution in [2.24, 2.45) is 0 Å². The lowest BCUT2D eigenvalue weighted by molar-refractivity contribution is -0.120. The van der Waals surface area contributed by atoms with Gasteiger partial charge in [0.2, 0.25) is 5.91 Å². The summed E-state index contributed by atoms with van der Waals surface area (Å²) in [5, 5.41) is 5.82. The lowest BCUT2D eigenvalue weighted by Gasteiger charge is -2.32. The number of thioether (sulfide) groups is 1. The van der Waals surface area contributed by atoms with Gasteiger partial charge >= 0.3 is 0 Å². The summed E-state index contributed by atoms with van der Waals surface area (Å²) in [6.07, 6.45) is -0.203. The summed E-state index contributed by atoms with van der Waals surface area (Å²) < 4.78 is 0.684. The molecule has 2 saturated heterocycles. The Morgan fingerprint density at radius 3 is 2.67 bits per heavy atom. The van der Waals surface area contributed by atoms with Crippen LogP contribution in [0.5, 0.6) is 0 Å². The van der Waals surface area contributed by atoms with Crippen LogP contribution in [0.4, 0.5) is 5.69 Å². The monoisotopic (exact) mass is 295 g/mol. The zero-order valence-electron chi connectivity index (χ0n) is 9.12. The Bertz CT molecular complexity index is 534. The number of benzene rings is 1. The van der Waals surface area contributed by atoms with Crippen molar-refractivity contribution in [2.45, 2.75) is 11.4 Å². The van der Waals surface area contributed by atoms with E-state index in [0.717, 1.165) is 5.69 Å². The first kappa shape index (κ1) is 11.9. The fourth-order valence-electron chi connectivity index (χ4n) is 2.02. The number of carbonyl (C=O) groups excluding carboxylic acids is 1. The summed E-state index contributed by atoms with van der Waals surface area (Å²) in [5.74, 6) is -0.0884. The van der Waals surface area contributed by atoms with Crippen LogP contribution in [0.3, 0.4) is 0 Å². The van der Waals surface area contributed by atoms with Crippen molar-refractivity contribution in [2.75, 3.05) is 4.90 Å². The van der Waals surface area contributed by atoms with Crippen molar-refractivity contribution in [1.82, 2.24) is 10.6 Å². The second-order valence-corrected chi connectivity index (χ2v) is 6.10. The van der Waals surface area contributed by atoms with Crippen molar-refractivity contribution in [3.8, 4) is 0 Å². The van der Waals surface area contributed by atoms with Crippen LogP contribution in [0.15, 0.2) is 30.3 Å². The highest BCUT2D eigenvalue weighted by Gasteiger charge is 2.46. The Hall–Kier alpha value is -1.18. The van der Waals surface area contributed by atoms with E-state index < -0.39 is 0 Å². The average molecular weight is 295 g/mol. The predicted molar refractivity (Wildman–Crippen MR) is 80.6 cm³/mol. The van der Waals surface area contributed by atoms with Gasteiger partial charge in [0.05, 0.1) is 0 Å². The molecule has 18 heavy (non-hydrogen) atoms. The molecule has 0 aromatic heterocycles. The summed E-state index contributed by atoms with van der Waals surface area (Å²) in [6.45, 7) is 0. The maximum absolute atomic E-state index is 11.9. The first-order valence-electron chi connectivity index (χ1n) is 5.33. The third-order valence-corrected chi connectivity index (χ3v) is 4.63. The number of nitrogens with one attached hydrogen (secondary N) is 2. The van der Waals surface area contributed by atoms with E-state index in [1.165, 1.54) is 11.8 Å². The Balaban J connectivity index is 1.98. The highest BCUT2D eigenvalue weighted by molar-refractivity contribution is 8.24. The van der Waals surface area contributed by atoms with E-state index in [9.17, 15) is 4.79 Å². The molecule has 2 unspecified atom stereocenters. The molecule has 7 heteroatoms. The van der Waals surface area contributed by atoms with E-state index in [4.69, 9.17) is 24.4 Å². The maximum Gasteiger partial charge on any atom is 0.243 e. The van der Waals surface area contributed by atoms with E-state index >= 15 is 0 Å². The molecular formula is C11H9N3OS3. The molecule has 2 heterocycles. The van der Waals surface area contributed by atoms with Crippen molar-refractivity contribution in [3.63, 3.8) is 0 Å². The lowest BCUT2D eigenvalue weighted by Crippen LogP contribution is -2.62. The molecule has 2 aliphatic rings. The largest absolute Gasteiger partial charge is 0.340 e. The molecule has 0 aliphatic carbocycles. The Labute approximate surface area is 119 Å². The normalized spacial score (nSPS) is 26.7. The van der Waals surface area contributed by atoms with Crippen LogP contribution < -0.4 is 15.5 Å². The number of para-hydroxylation sites is 1. The molecule has 2 fully saturated rings. The van der Waals surface area contributed by atoms with Crippen molar-refractivity contribution in [3.05, 3.63) is 30.3 Å². The SMILES string of the molecule is O=C1NC(=S)NC2C1SC(=S)N2c1ccccc1. The highest BCUT2D eigenvalue weighted by Crippen LogP contribution is 2.35. The lowest BCUT2D eigenvalue weighted by atomic mass is 10.2. The van der Waals surface area contributed by atoms with Gasteiger partial charge in [-0.3, -0.25) is 4.79 Å². The number of hydrogen-bond donors (Lipinski definition) is 2. The maximum atomic E-state index is 11.9. The van der Waals surface area contributed by atoms with Gasteiger partial charge in [-0.15, -0.1) is 0 Å². The number of rotatable bonds is 1. The van der Waals surface area contributed by atoms with Gasteiger partial charge in [0, 0.05) is 5.69 Å². The van der Waals surface area contributed by atoms with Crippen LogP contribution >= 0.6 is 36.2 Å². The molecule has 1 aromatic rings. The highest BCUT2D eigenvalue weighted by atomic mass is 32.2. The van der Waals surface area contributed by atoms with Gasteiger partial charge in [-0.2, -0.15) is 0 Å². The van der Waals surface area contributed by atoms with Gasteiger partial charge in [0.25, 0.3) is 0 Å². The van der Waals surface area contributed by atoms with Crippen LogP contribution in [-0.4, -0.2) is 26.8 Å². The summed E-state index contributed by atoms with van der Waals surface area (Å²) in [4.78, 5) is 13.8. The van der Waals surface area contributed by atoms with Gasteiger partial charge in [-0.1, -0.05) is 42.2 Å². The Kier molecular flexibility index (Phi) is 2.96. The first-order valence-corrected chi connectivity index (χ1v) is 7.03. The summed E-state index contributed by atoms with van der Waals surface area (Å²) in [7, 11) is 0. The molecule has 1 aromatic carbocycles. The zero-order valence-corrected chi connectivity index (χ0v) is 11.6. The standard InChI is InChI=1S/C11H9N3OS3/c15-9-7-8(12-10(16)13-9)14(11(17)18-7)6-4-2-1-3-5-6/h1-5,7-8H,(H2,12,13,15,16). The van der Waals surface area contributed by atoms with E-state index in [0.29, 0.717) is 9.43 Å². The fourth-order valence-corrected chi connectivity index (χ4v) is 3.81. The summed E-state index contributed by atoms with van der Waals surface area (Å²) in [5.41, 5.74) is 0.965. The van der Waals surface area contributed by atoms with E-state index in [1.807, 2.05) is 35.2 Å². The molecule has 0 bridgehead atoms. The molecule has 2 N–H and O–H groups in total. The fraction of sp³-hybridized carbons (Fsp3) is 0.182. The molecular weight excluding hydrogens is 286 g/mol. The van der Waals surface area contributed by atoms with Gasteiger partial charge in [-0.25, -0.2) is 0 Å². The van der Waals surface area contributed by atoms with Crippen molar-refractivity contribution >= 4 is 57.2 Å². The number of thiocarbonyl (C=S) groups is 2. The van der Waals surface area contributed by atoms with E-state index in [1.54, 1.807) is 0 Å². The number of amides is 1. The van der Waals surface area contributed by atoms with Crippen molar-refractivity contribution < 1.29 is 4.79 Å². The third kappa shape index (κ3) is 1.88. The minimum atomic E-state index is -0.260. The zero-order chi connectivity index (χ0) is 12.7. The number of anilines is 1. The number of fused-ring (bicyclic) bond motifs is 1. The molecule has 2 aliphatic heterocycles. The summed E-state index contributed by atoms with van der Waals surface area (Å²) >= 11 is 11.8. The third-order valence-electron chi connectivity index (χ3n) is 2.80. The quantitative estimate of drug-likeness (QED) is 0.760. The number of nitrogens with zero attached hydrogens (tertiary/aromatic N) is 1. The summed E-state index contributed by atoms with van der Waals surface area (Å²) in [6, 6.07) is 9.76. The predicted octanol–water partition coefficient (Wildman–Crippen LogP) is 1.22. The smallest absolute Gasteiger partial charge is 0.243 e. The number of hydrogen-bond acceptors (Lipinski definition) is 4. The molecule has 0 spiro atoms. The molecule has 92 valence electrons. The van der Waals surface area contributed by atoms with Gasteiger partial charge in [-0.05, 0) is 24.4 Å². The molecule has 0 radical (unpaired) electrons. The molecule has 0 saturated carbocycles. The van der Waals surface area contributed by atoms with Gasteiger partial charge in [0.15, 0.2) is 5.11 Å². The number of carbonyl (C=O) groups is 1. The van der Waals surface area contributed by atoms with E-state index in [2.05, 4.69) is 10.6 Å². The second kappa shape index (κ2) is 4.49. The van der Waals surface area contributed by atoms with Crippen LogP contribution in [0.25, 0.3) is 0 Å². The Morgan fingerprint density at radius 2 is 1.94 bits per heavy atom.